The van der Waals surface area contributed by atoms with Crippen LogP contribution in [0.25, 0.3) is 0 Å². The standard InChI is InChI=1S/C7H11BrF2O/c1-11-5-6(4-8)2-7(9,10)3-6/h2-5H2,1H3. The topological polar surface area (TPSA) is 9.23 Å². The summed E-state index contributed by atoms with van der Waals surface area (Å²) < 4.78 is 29.8. The first-order valence-electron chi connectivity index (χ1n) is 3.46. The lowest BCUT2D eigenvalue weighted by atomic mass is 9.68. The molecule has 1 nitrogen and oxygen atoms in total. The maximum atomic E-state index is 12.5. The van der Waals surface area contributed by atoms with Gasteiger partial charge in [-0.15, -0.1) is 0 Å². The lowest BCUT2D eigenvalue weighted by Crippen LogP contribution is -2.49. The molecule has 0 saturated heterocycles. The van der Waals surface area contributed by atoms with E-state index in [4.69, 9.17) is 4.74 Å². The predicted octanol–water partition coefficient (Wildman–Crippen LogP) is 2.44. The molecule has 66 valence electrons. The van der Waals surface area contributed by atoms with Gasteiger partial charge in [-0.25, -0.2) is 8.78 Å². The van der Waals surface area contributed by atoms with Gasteiger partial charge in [0.25, 0.3) is 0 Å². The second-order valence-corrected chi connectivity index (χ2v) is 3.84. The minimum absolute atomic E-state index is 0.0426. The summed E-state index contributed by atoms with van der Waals surface area (Å²) in [6.45, 7) is 0.424. The van der Waals surface area contributed by atoms with Gasteiger partial charge in [0.15, 0.2) is 0 Å². The summed E-state index contributed by atoms with van der Waals surface area (Å²) in [5.74, 6) is -2.45. The summed E-state index contributed by atoms with van der Waals surface area (Å²) in [5.41, 5.74) is -0.307. The van der Waals surface area contributed by atoms with Crippen LogP contribution in [0.2, 0.25) is 0 Å². The fourth-order valence-electron chi connectivity index (χ4n) is 1.59. The van der Waals surface area contributed by atoms with Gasteiger partial charge in [0.1, 0.15) is 0 Å². The highest BCUT2D eigenvalue weighted by molar-refractivity contribution is 9.09. The third kappa shape index (κ3) is 1.90. The average molecular weight is 229 g/mol. The van der Waals surface area contributed by atoms with Crippen molar-refractivity contribution in [2.75, 3.05) is 19.0 Å². The fourth-order valence-corrected chi connectivity index (χ4v) is 2.15. The largest absolute Gasteiger partial charge is 0.384 e. The number of hydrogen-bond acceptors (Lipinski definition) is 1. The Bertz CT molecular complexity index is 141. The highest BCUT2D eigenvalue weighted by Crippen LogP contribution is 2.52. The lowest BCUT2D eigenvalue weighted by molar-refractivity contribution is -0.168. The number of hydrogen-bond donors (Lipinski definition) is 0. The zero-order valence-corrected chi connectivity index (χ0v) is 7.96. The van der Waals surface area contributed by atoms with Crippen LogP contribution in [0.5, 0.6) is 0 Å². The van der Waals surface area contributed by atoms with Crippen LogP contribution in [0.4, 0.5) is 8.78 Å². The first-order chi connectivity index (χ1) is 5.04. The predicted molar refractivity (Wildman–Crippen MR) is 42.3 cm³/mol. The smallest absolute Gasteiger partial charge is 0.249 e. The Morgan fingerprint density at radius 3 is 2.27 bits per heavy atom. The average Bonchev–Trinajstić information content (AvgIpc) is 1.84. The quantitative estimate of drug-likeness (QED) is 0.675. The normalized spacial score (nSPS) is 26.2. The maximum Gasteiger partial charge on any atom is 0.249 e. The van der Waals surface area contributed by atoms with Crippen molar-refractivity contribution in [3.05, 3.63) is 0 Å². The SMILES string of the molecule is COCC1(CBr)CC(F)(F)C1. The molecule has 0 unspecified atom stereocenters. The highest BCUT2D eigenvalue weighted by atomic mass is 79.9. The first-order valence-corrected chi connectivity index (χ1v) is 4.58. The van der Waals surface area contributed by atoms with Gasteiger partial charge in [0.2, 0.25) is 5.92 Å². The molecule has 0 amide bonds. The van der Waals surface area contributed by atoms with Crippen LogP contribution in [0.15, 0.2) is 0 Å². The highest BCUT2D eigenvalue weighted by Gasteiger charge is 2.55. The molecule has 0 bridgehead atoms. The Kier molecular flexibility index (Phi) is 2.54. The molecule has 1 rings (SSSR count). The molecule has 11 heavy (non-hydrogen) atoms. The van der Waals surface area contributed by atoms with Crippen molar-refractivity contribution < 1.29 is 13.5 Å². The molecular weight excluding hydrogens is 218 g/mol. The fraction of sp³-hybridized carbons (Fsp3) is 1.00. The van der Waals surface area contributed by atoms with Crippen LogP contribution >= 0.6 is 15.9 Å². The molecule has 0 aromatic rings. The molecule has 0 radical (unpaired) electrons. The van der Waals surface area contributed by atoms with Gasteiger partial charge < -0.3 is 4.74 Å². The van der Waals surface area contributed by atoms with E-state index < -0.39 is 5.92 Å². The van der Waals surface area contributed by atoms with E-state index in [2.05, 4.69) is 15.9 Å². The van der Waals surface area contributed by atoms with Gasteiger partial charge in [0, 0.05) is 30.7 Å². The van der Waals surface area contributed by atoms with E-state index in [0.29, 0.717) is 11.9 Å². The molecule has 1 saturated carbocycles. The van der Waals surface area contributed by atoms with Crippen molar-refractivity contribution in [2.24, 2.45) is 5.41 Å². The van der Waals surface area contributed by atoms with Crippen molar-refractivity contribution in [1.29, 1.82) is 0 Å². The van der Waals surface area contributed by atoms with Crippen molar-refractivity contribution in [2.45, 2.75) is 18.8 Å². The van der Waals surface area contributed by atoms with Crippen LogP contribution in [0.3, 0.4) is 0 Å². The van der Waals surface area contributed by atoms with E-state index in [9.17, 15) is 8.78 Å². The number of halogens is 3. The molecule has 0 heterocycles. The van der Waals surface area contributed by atoms with E-state index in [-0.39, 0.29) is 18.3 Å². The molecule has 1 aliphatic carbocycles. The number of methoxy groups -OCH3 is 1. The summed E-state index contributed by atoms with van der Waals surface area (Å²) in [4.78, 5) is 0. The van der Waals surface area contributed by atoms with Crippen LogP contribution in [0.1, 0.15) is 12.8 Å². The van der Waals surface area contributed by atoms with Crippen molar-refractivity contribution in [3.8, 4) is 0 Å². The molecule has 0 spiro atoms. The molecular formula is C7H11BrF2O. The molecule has 0 aliphatic heterocycles. The van der Waals surface area contributed by atoms with E-state index >= 15 is 0 Å². The van der Waals surface area contributed by atoms with Crippen molar-refractivity contribution in [1.82, 2.24) is 0 Å². The third-order valence-electron chi connectivity index (χ3n) is 2.00. The number of ether oxygens (including phenoxy) is 1. The zero-order valence-electron chi connectivity index (χ0n) is 6.37. The Labute approximate surface area is 73.2 Å². The van der Waals surface area contributed by atoms with Crippen molar-refractivity contribution in [3.63, 3.8) is 0 Å². The Balaban J connectivity index is 2.43. The first kappa shape index (κ1) is 9.39. The van der Waals surface area contributed by atoms with Gasteiger partial charge in [0.05, 0.1) is 6.61 Å². The Morgan fingerprint density at radius 1 is 1.45 bits per heavy atom. The summed E-state index contributed by atoms with van der Waals surface area (Å²) in [5, 5.41) is 0.601. The molecule has 1 fully saturated rings. The summed E-state index contributed by atoms with van der Waals surface area (Å²) in [6.07, 6.45) is -0.0851. The van der Waals surface area contributed by atoms with E-state index in [1.165, 1.54) is 0 Å². The molecule has 1 aliphatic rings. The molecule has 0 N–H and O–H groups in total. The van der Waals surface area contributed by atoms with Gasteiger partial charge in [-0.2, -0.15) is 0 Å². The number of alkyl halides is 3. The Hall–Kier alpha value is 0.300. The van der Waals surface area contributed by atoms with Crippen LogP contribution in [-0.4, -0.2) is 25.0 Å². The Morgan fingerprint density at radius 2 is 2.00 bits per heavy atom. The van der Waals surface area contributed by atoms with Crippen LogP contribution in [0, 0.1) is 5.41 Å². The summed E-state index contributed by atoms with van der Waals surface area (Å²) in [6, 6.07) is 0. The van der Waals surface area contributed by atoms with Crippen LogP contribution < -0.4 is 0 Å². The molecule has 4 heteroatoms. The summed E-state index contributed by atoms with van der Waals surface area (Å²) >= 11 is 3.22. The molecule has 0 aromatic carbocycles. The minimum Gasteiger partial charge on any atom is -0.384 e. The summed E-state index contributed by atoms with van der Waals surface area (Å²) in [7, 11) is 1.54. The zero-order chi connectivity index (χ0) is 8.54. The minimum atomic E-state index is -2.45. The van der Waals surface area contributed by atoms with Crippen LogP contribution in [-0.2, 0) is 4.74 Å². The van der Waals surface area contributed by atoms with Gasteiger partial charge in [-0.05, 0) is 0 Å². The molecule has 0 atom stereocenters. The second kappa shape index (κ2) is 2.98. The van der Waals surface area contributed by atoms with Gasteiger partial charge >= 0.3 is 0 Å². The van der Waals surface area contributed by atoms with Crippen molar-refractivity contribution >= 4 is 15.9 Å². The van der Waals surface area contributed by atoms with E-state index in [1.807, 2.05) is 0 Å². The molecule has 0 aromatic heterocycles. The van der Waals surface area contributed by atoms with Gasteiger partial charge in [-0.3, -0.25) is 0 Å². The van der Waals surface area contributed by atoms with E-state index in [1.54, 1.807) is 7.11 Å². The maximum absolute atomic E-state index is 12.5. The second-order valence-electron chi connectivity index (χ2n) is 3.28. The third-order valence-corrected chi connectivity index (χ3v) is 3.19. The lowest BCUT2D eigenvalue weighted by Gasteiger charge is -2.45. The van der Waals surface area contributed by atoms with Gasteiger partial charge in [-0.1, -0.05) is 15.9 Å². The monoisotopic (exact) mass is 228 g/mol. The van der Waals surface area contributed by atoms with E-state index in [0.717, 1.165) is 0 Å². The number of rotatable bonds is 3.